The van der Waals surface area contributed by atoms with Gasteiger partial charge in [0, 0.05) is 31.4 Å². The predicted molar refractivity (Wildman–Crippen MR) is 80.4 cm³/mol. The summed E-state index contributed by atoms with van der Waals surface area (Å²) in [5.74, 6) is 0. The molecule has 0 aliphatic carbocycles. The van der Waals surface area contributed by atoms with Crippen molar-refractivity contribution < 1.29 is 16.8 Å². The Hall–Kier alpha value is -0.960. The minimum atomic E-state index is -3.63. The second-order valence-corrected chi connectivity index (χ2v) is 9.69. The minimum Gasteiger partial charge on any atom is -0.314 e. The Morgan fingerprint density at radius 3 is 2.05 bits per heavy atom. The monoisotopic (exact) mass is 332 g/mol. The highest BCUT2D eigenvalue weighted by atomic mass is 32.2. The van der Waals surface area contributed by atoms with Crippen LogP contribution in [0.1, 0.15) is 13.8 Å². The van der Waals surface area contributed by atoms with Gasteiger partial charge in [-0.05, 0) is 38.1 Å². The molecule has 6 nitrogen and oxygen atoms in total. The zero-order valence-corrected chi connectivity index (χ0v) is 14.0. The molecule has 21 heavy (non-hydrogen) atoms. The number of hydrogen-bond acceptors (Lipinski definition) is 5. The second kappa shape index (κ2) is 5.35. The number of piperazine rings is 1. The Morgan fingerprint density at radius 1 is 1.05 bits per heavy atom. The lowest BCUT2D eigenvalue weighted by Crippen LogP contribution is -2.59. The summed E-state index contributed by atoms with van der Waals surface area (Å²) in [5.41, 5.74) is -0.521. The van der Waals surface area contributed by atoms with Gasteiger partial charge < -0.3 is 5.32 Å². The Kier molecular flexibility index (Phi) is 4.18. The van der Waals surface area contributed by atoms with E-state index in [4.69, 9.17) is 0 Å². The first-order chi connectivity index (χ1) is 9.55. The van der Waals surface area contributed by atoms with E-state index >= 15 is 0 Å². The highest BCUT2D eigenvalue weighted by molar-refractivity contribution is 7.90. The van der Waals surface area contributed by atoms with Gasteiger partial charge in [0.15, 0.2) is 9.84 Å². The number of hydrogen-bond donors (Lipinski definition) is 1. The van der Waals surface area contributed by atoms with E-state index in [1.807, 2.05) is 13.8 Å². The van der Waals surface area contributed by atoms with Crippen molar-refractivity contribution in [1.82, 2.24) is 9.62 Å². The quantitative estimate of drug-likeness (QED) is 0.869. The first kappa shape index (κ1) is 16.4. The van der Waals surface area contributed by atoms with Gasteiger partial charge in [0.25, 0.3) is 0 Å². The van der Waals surface area contributed by atoms with Gasteiger partial charge in [-0.3, -0.25) is 0 Å². The number of benzene rings is 1. The zero-order valence-electron chi connectivity index (χ0n) is 12.3. The van der Waals surface area contributed by atoms with E-state index < -0.39 is 25.4 Å². The molecule has 0 atom stereocenters. The maximum absolute atomic E-state index is 12.7. The third kappa shape index (κ3) is 3.28. The van der Waals surface area contributed by atoms with Crippen molar-refractivity contribution in [2.45, 2.75) is 29.2 Å². The topological polar surface area (TPSA) is 83.6 Å². The van der Waals surface area contributed by atoms with Gasteiger partial charge in [-0.25, -0.2) is 16.8 Å². The summed E-state index contributed by atoms with van der Waals surface area (Å²) in [6.45, 7) is 5.30. The molecule has 0 bridgehead atoms. The van der Waals surface area contributed by atoms with Crippen molar-refractivity contribution in [2.24, 2.45) is 0 Å². The third-order valence-electron chi connectivity index (χ3n) is 3.56. The Labute approximate surface area is 126 Å². The molecular formula is C13H20N2O4S2. The van der Waals surface area contributed by atoms with Crippen LogP contribution in [0.3, 0.4) is 0 Å². The van der Waals surface area contributed by atoms with Crippen molar-refractivity contribution in [3.63, 3.8) is 0 Å². The first-order valence-corrected chi connectivity index (χ1v) is 9.92. The van der Waals surface area contributed by atoms with Crippen LogP contribution < -0.4 is 5.32 Å². The second-order valence-electron chi connectivity index (χ2n) is 5.81. The van der Waals surface area contributed by atoms with E-state index in [0.29, 0.717) is 19.6 Å². The normalized spacial score (nSPS) is 20.3. The van der Waals surface area contributed by atoms with E-state index in [0.717, 1.165) is 6.26 Å². The van der Waals surface area contributed by atoms with E-state index in [-0.39, 0.29) is 9.79 Å². The summed E-state index contributed by atoms with van der Waals surface area (Å²) < 4.78 is 49.8. The SMILES string of the molecule is CC1(C)CNCCN1S(=O)(=O)c1ccc(S(C)(=O)=O)cc1. The molecule has 0 saturated carbocycles. The molecular weight excluding hydrogens is 312 g/mol. The minimum absolute atomic E-state index is 0.112. The van der Waals surface area contributed by atoms with Crippen LogP contribution in [0.4, 0.5) is 0 Å². The third-order valence-corrected chi connectivity index (χ3v) is 6.82. The lowest BCUT2D eigenvalue weighted by molar-refractivity contribution is 0.186. The number of sulfone groups is 1. The van der Waals surface area contributed by atoms with Crippen molar-refractivity contribution in [1.29, 1.82) is 0 Å². The molecule has 0 unspecified atom stereocenters. The molecule has 1 saturated heterocycles. The van der Waals surface area contributed by atoms with Crippen LogP contribution in [0, 0.1) is 0 Å². The summed E-state index contributed by atoms with van der Waals surface area (Å²) in [6, 6.07) is 5.36. The van der Waals surface area contributed by atoms with Crippen LogP contribution in [0.25, 0.3) is 0 Å². The molecule has 2 rings (SSSR count). The van der Waals surface area contributed by atoms with Crippen molar-refractivity contribution >= 4 is 19.9 Å². The van der Waals surface area contributed by atoms with Gasteiger partial charge in [0.05, 0.1) is 9.79 Å². The lowest BCUT2D eigenvalue weighted by atomic mass is 10.0. The standard InChI is InChI=1S/C13H20N2O4S2/c1-13(2)10-14-8-9-15(13)21(18,19)12-6-4-11(5-7-12)20(3,16)17/h4-7,14H,8-10H2,1-3H3. The molecule has 1 aliphatic heterocycles. The van der Waals surface area contributed by atoms with E-state index in [9.17, 15) is 16.8 Å². The lowest BCUT2D eigenvalue weighted by Gasteiger charge is -2.41. The Morgan fingerprint density at radius 2 is 1.57 bits per heavy atom. The fraction of sp³-hybridized carbons (Fsp3) is 0.538. The molecule has 118 valence electrons. The fourth-order valence-electron chi connectivity index (χ4n) is 2.40. The Balaban J connectivity index is 2.40. The number of nitrogens with one attached hydrogen (secondary N) is 1. The number of rotatable bonds is 3. The first-order valence-electron chi connectivity index (χ1n) is 6.59. The van der Waals surface area contributed by atoms with Crippen molar-refractivity contribution in [2.75, 3.05) is 25.9 Å². The molecule has 8 heteroatoms. The Bertz CT molecular complexity index is 722. The van der Waals surface area contributed by atoms with Gasteiger partial charge >= 0.3 is 0 Å². The highest BCUT2D eigenvalue weighted by Crippen LogP contribution is 2.26. The number of sulfonamides is 1. The molecule has 0 aromatic heterocycles. The smallest absolute Gasteiger partial charge is 0.243 e. The predicted octanol–water partition coefficient (Wildman–Crippen LogP) is 0.463. The van der Waals surface area contributed by atoms with E-state index in [1.165, 1.54) is 28.6 Å². The maximum Gasteiger partial charge on any atom is 0.243 e. The molecule has 0 amide bonds. The molecule has 1 N–H and O–H groups in total. The molecule has 1 aromatic carbocycles. The summed E-state index contributed by atoms with van der Waals surface area (Å²) in [7, 11) is -6.96. The zero-order chi connectivity index (χ0) is 15.9. The van der Waals surface area contributed by atoms with E-state index in [2.05, 4.69) is 5.32 Å². The summed E-state index contributed by atoms with van der Waals surface area (Å²) >= 11 is 0. The van der Waals surface area contributed by atoms with Crippen molar-refractivity contribution in [3.05, 3.63) is 24.3 Å². The fourth-order valence-corrected chi connectivity index (χ4v) is 4.81. The summed E-state index contributed by atoms with van der Waals surface area (Å²) in [5, 5.41) is 3.17. The average Bonchev–Trinajstić information content (AvgIpc) is 2.37. The summed E-state index contributed by atoms with van der Waals surface area (Å²) in [6.07, 6.45) is 1.09. The van der Waals surface area contributed by atoms with Crippen LogP contribution in [-0.4, -0.2) is 52.6 Å². The van der Waals surface area contributed by atoms with Gasteiger partial charge in [0.1, 0.15) is 0 Å². The molecule has 1 heterocycles. The maximum atomic E-state index is 12.7. The number of nitrogens with zero attached hydrogens (tertiary/aromatic N) is 1. The van der Waals surface area contributed by atoms with Crippen molar-refractivity contribution in [3.8, 4) is 0 Å². The van der Waals surface area contributed by atoms with E-state index in [1.54, 1.807) is 0 Å². The average molecular weight is 332 g/mol. The molecule has 1 aliphatic rings. The van der Waals surface area contributed by atoms with Crippen LogP contribution in [0.15, 0.2) is 34.1 Å². The molecule has 0 radical (unpaired) electrons. The van der Waals surface area contributed by atoms with Crippen LogP contribution in [0.2, 0.25) is 0 Å². The van der Waals surface area contributed by atoms with Crippen LogP contribution in [-0.2, 0) is 19.9 Å². The largest absolute Gasteiger partial charge is 0.314 e. The van der Waals surface area contributed by atoms with Crippen LogP contribution >= 0.6 is 0 Å². The van der Waals surface area contributed by atoms with Crippen LogP contribution in [0.5, 0.6) is 0 Å². The highest BCUT2D eigenvalue weighted by Gasteiger charge is 2.38. The molecule has 1 aromatic rings. The van der Waals surface area contributed by atoms with Gasteiger partial charge in [-0.2, -0.15) is 4.31 Å². The molecule has 0 spiro atoms. The van der Waals surface area contributed by atoms with Gasteiger partial charge in [-0.1, -0.05) is 0 Å². The summed E-state index contributed by atoms with van der Waals surface area (Å²) in [4.78, 5) is 0.228. The molecule has 1 fully saturated rings. The van der Waals surface area contributed by atoms with Gasteiger partial charge in [-0.15, -0.1) is 0 Å². The van der Waals surface area contributed by atoms with Gasteiger partial charge in [0.2, 0.25) is 10.0 Å².